The molecule has 0 unspecified atom stereocenters. The average Bonchev–Trinajstić information content (AvgIpc) is 2.19. The maximum absolute atomic E-state index is 11.8. The van der Waals surface area contributed by atoms with Crippen LogP contribution in [0.15, 0.2) is 34.2 Å². The minimum absolute atomic E-state index is 0.0390. The van der Waals surface area contributed by atoms with E-state index in [0.717, 1.165) is 0 Å². The van der Waals surface area contributed by atoms with Gasteiger partial charge in [-0.1, -0.05) is 34.1 Å². The summed E-state index contributed by atoms with van der Waals surface area (Å²) in [6.07, 6.45) is 0. The third kappa shape index (κ3) is 3.48. The van der Waals surface area contributed by atoms with Crippen LogP contribution in [0.2, 0.25) is 5.02 Å². The van der Waals surface area contributed by atoms with Crippen LogP contribution in [0.4, 0.5) is 5.69 Å². The van der Waals surface area contributed by atoms with Crippen LogP contribution in [0.1, 0.15) is 0 Å². The molecule has 1 aromatic carbocycles. The summed E-state index contributed by atoms with van der Waals surface area (Å²) in [4.78, 5) is -0.0390. The van der Waals surface area contributed by atoms with Gasteiger partial charge in [-0.15, -0.1) is 0 Å². The third-order valence-corrected chi connectivity index (χ3v) is 3.86. The van der Waals surface area contributed by atoms with Gasteiger partial charge in [0.1, 0.15) is 4.90 Å². The van der Waals surface area contributed by atoms with Crippen molar-refractivity contribution in [2.45, 2.75) is 4.90 Å². The molecule has 0 radical (unpaired) electrons. The molecule has 0 spiro atoms. The van der Waals surface area contributed by atoms with E-state index in [4.69, 9.17) is 17.3 Å². The van der Waals surface area contributed by atoms with Gasteiger partial charge in [0.15, 0.2) is 0 Å². The van der Waals surface area contributed by atoms with E-state index in [2.05, 4.69) is 27.2 Å². The first-order valence-electron chi connectivity index (χ1n) is 4.21. The Morgan fingerprint density at radius 3 is 2.75 bits per heavy atom. The minimum atomic E-state index is -3.66. The van der Waals surface area contributed by atoms with Gasteiger partial charge in [0.2, 0.25) is 10.0 Å². The van der Waals surface area contributed by atoms with Gasteiger partial charge in [-0.05, 0) is 18.2 Å². The van der Waals surface area contributed by atoms with Crippen LogP contribution >= 0.6 is 27.5 Å². The van der Waals surface area contributed by atoms with Crippen molar-refractivity contribution in [3.63, 3.8) is 0 Å². The fourth-order valence-corrected chi connectivity index (χ4v) is 2.86. The van der Waals surface area contributed by atoms with Gasteiger partial charge in [-0.3, -0.25) is 0 Å². The van der Waals surface area contributed by atoms with E-state index in [1.165, 1.54) is 18.2 Å². The number of nitrogen functional groups attached to an aromatic ring is 1. The summed E-state index contributed by atoms with van der Waals surface area (Å²) in [5.74, 6) is 0. The standard InChI is InChI=1S/C9H10BrClN2O2S/c1-6(10)5-13-16(14,15)9-4-7(12)2-3-8(9)11/h2-4,13H,1,5,12H2. The molecule has 7 heteroatoms. The Morgan fingerprint density at radius 2 is 2.19 bits per heavy atom. The fourth-order valence-electron chi connectivity index (χ4n) is 0.977. The largest absolute Gasteiger partial charge is 0.399 e. The summed E-state index contributed by atoms with van der Waals surface area (Å²) in [7, 11) is -3.66. The van der Waals surface area contributed by atoms with Gasteiger partial charge in [0.05, 0.1) is 5.02 Å². The lowest BCUT2D eigenvalue weighted by molar-refractivity contribution is 0.585. The third-order valence-electron chi connectivity index (χ3n) is 1.70. The van der Waals surface area contributed by atoms with Gasteiger partial charge in [-0.2, -0.15) is 0 Å². The van der Waals surface area contributed by atoms with E-state index in [0.29, 0.717) is 10.2 Å². The number of hydrogen-bond donors (Lipinski definition) is 2. The number of nitrogens with two attached hydrogens (primary N) is 1. The van der Waals surface area contributed by atoms with Crippen molar-refractivity contribution in [3.8, 4) is 0 Å². The lowest BCUT2D eigenvalue weighted by Crippen LogP contribution is -2.25. The van der Waals surface area contributed by atoms with E-state index in [-0.39, 0.29) is 16.5 Å². The summed E-state index contributed by atoms with van der Waals surface area (Å²) in [6.45, 7) is 3.61. The Hall–Kier alpha value is -0.560. The molecule has 0 aliphatic rings. The van der Waals surface area contributed by atoms with Crippen LogP contribution in [-0.4, -0.2) is 15.0 Å². The molecule has 3 N–H and O–H groups in total. The highest BCUT2D eigenvalue weighted by molar-refractivity contribution is 9.11. The normalized spacial score (nSPS) is 11.4. The van der Waals surface area contributed by atoms with Crippen molar-refractivity contribution in [1.29, 1.82) is 0 Å². The molecule has 0 aliphatic heterocycles. The van der Waals surface area contributed by atoms with Crippen LogP contribution < -0.4 is 10.5 Å². The Kier molecular flexibility index (Phi) is 4.37. The number of sulfonamides is 1. The van der Waals surface area contributed by atoms with Gasteiger partial charge >= 0.3 is 0 Å². The Bertz CT molecular complexity index is 516. The predicted molar refractivity (Wildman–Crippen MR) is 69.1 cm³/mol. The Labute approximate surface area is 108 Å². The average molecular weight is 326 g/mol. The zero-order valence-corrected chi connectivity index (χ0v) is 11.4. The molecular weight excluding hydrogens is 316 g/mol. The lowest BCUT2D eigenvalue weighted by Gasteiger charge is -2.08. The summed E-state index contributed by atoms with van der Waals surface area (Å²) in [5, 5.41) is 0.127. The van der Waals surface area contributed by atoms with Gasteiger partial charge in [0.25, 0.3) is 0 Å². The molecule has 1 rings (SSSR count). The summed E-state index contributed by atoms with van der Waals surface area (Å²) in [5.41, 5.74) is 5.84. The van der Waals surface area contributed by atoms with Crippen LogP contribution in [0, 0.1) is 0 Å². The first-order valence-corrected chi connectivity index (χ1v) is 6.86. The SMILES string of the molecule is C=C(Br)CNS(=O)(=O)c1cc(N)ccc1Cl. The Morgan fingerprint density at radius 1 is 1.56 bits per heavy atom. The minimum Gasteiger partial charge on any atom is -0.399 e. The molecule has 0 amide bonds. The van der Waals surface area contributed by atoms with E-state index in [9.17, 15) is 8.42 Å². The number of hydrogen-bond acceptors (Lipinski definition) is 3. The molecule has 0 saturated heterocycles. The van der Waals surface area contributed by atoms with E-state index < -0.39 is 10.0 Å². The second-order valence-corrected chi connectivity index (χ2v) is 6.30. The fraction of sp³-hybridized carbons (Fsp3) is 0.111. The van der Waals surface area contributed by atoms with E-state index in [1.54, 1.807) is 0 Å². The quantitative estimate of drug-likeness (QED) is 0.833. The van der Waals surface area contributed by atoms with Gasteiger partial charge in [0, 0.05) is 16.7 Å². The zero-order valence-electron chi connectivity index (χ0n) is 8.20. The monoisotopic (exact) mass is 324 g/mol. The zero-order chi connectivity index (χ0) is 12.3. The van der Waals surface area contributed by atoms with Gasteiger partial charge in [-0.25, -0.2) is 13.1 Å². The molecule has 0 heterocycles. The van der Waals surface area contributed by atoms with Crippen molar-refractivity contribution in [1.82, 2.24) is 4.72 Å². The number of anilines is 1. The van der Waals surface area contributed by atoms with Crippen LogP contribution in [-0.2, 0) is 10.0 Å². The van der Waals surface area contributed by atoms with Gasteiger partial charge < -0.3 is 5.73 Å². The summed E-state index contributed by atoms with van der Waals surface area (Å²) < 4.78 is 26.4. The Balaban J connectivity index is 3.07. The predicted octanol–water partition coefficient (Wildman–Crippen LogP) is 2.11. The van der Waals surface area contributed by atoms with E-state index in [1.807, 2.05) is 0 Å². The highest BCUT2D eigenvalue weighted by Gasteiger charge is 2.17. The summed E-state index contributed by atoms with van der Waals surface area (Å²) in [6, 6.07) is 4.28. The first-order chi connectivity index (χ1) is 7.33. The molecule has 88 valence electrons. The molecule has 0 atom stereocenters. The second kappa shape index (κ2) is 5.18. The highest BCUT2D eigenvalue weighted by atomic mass is 79.9. The molecule has 0 aromatic heterocycles. The molecule has 0 aliphatic carbocycles. The van der Waals surface area contributed by atoms with Crippen molar-refractivity contribution in [3.05, 3.63) is 34.3 Å². The lowest BCUT2D eigenvalue weighted by atomic mass is 10.3. The first kappa shape index (κ1) is 13.5. The number of nitrogens with one attached hydrogen (secondary N) is 1. The van der Waals surface area contributed by atoms with Crippen molar-refractivity contribution >= 4 is 43.2 Å². The summed E-state index contributed by atoms with van der Waals surface area (Å²) >= 11 is 8.84. The molecule has 0 bridgehead atoms. The molecule has 16 heavy (non-hydrogen) atoms. The van der Waals surface area contributed by atoms with Crippen LogP contribution in [0.5, 0.6) is 0 Å². The molecule has 0 saturated carbocycles. The smallest absolute Gasteiger partial charge is 0.242 e. The molecular formula is C9H10BrClN2O2S. The van der Waals surface area contributed by atoms with Crippen molar-refractivity contribution in [2.24, 2.45) is 0 Å². The highest BCUT2D eigenvalue weighted by Crippen LogP contribution is 2.23. The second-order valence-electron chi connectivity index (χ2n) is 3.03. The maximum atomic E-state index is 11.8. The maximum Gasteiger partial charge on any atom is 0.242 e. The molecule has 1 aromatic rings. The molecule has 0 fully saturated rings. The topological polar surface area (TPSA) is 72.2 Å². The number of halogens is 2. The molecule has 4 nitrogen and oxygen atoms in total. The van der Waals surface area contributed by atoms with Crippen LogP contribution in [0.3, 0.4) is 0 Å². The van der Waals surface area contributed by atoms with E-state index >= 15 is 0 Å². The number of rotatable bonds is 4. The van der Waals surface area contributed by atoms with Crippen molar-refractivity contribution in [2.75, 3.05) is 12.3 Å². The number of benzene rings is 1. The van der Waals surface area contributed by atoms with Crippen molar-refractivity contribution < 1.29 is 8.42 Å². The van der Waals surface area contributed by atoms with Crippen LogP contribution in [0.25, 0.3) is 0 Å².